The molecule has 5 rings (SSSR count). The van der Waals surface area contributed by atoms with Crippen LogP contribution in [0.3, 0.4) is 0 Å². The molecular formula is C20H22N4O. The van der Waals surface area contributed by atoms with Crippen molar-refractivity contribution in [1.82, 2.24) is 19.9 Å². The number of aromatic nitrogens is 3. The highest BCUT2D eigenvalue weighted by Crippen LogP contribution is 2.43. The molecule has 1 N–H and O–H groups in total. The van der Waals surface area contributed by atoms with Gasteiger partial charge in [0.1, 0.15) is 11.4 Å². The van der Waals surface area contributed by atoms with E-state index in [1.54, 1.807) is 0 Å². The predicted octanol–water partition coefficient (Wildman–Crippen LogP) is 3.15. The van der Waals surface area contributed by atoms with Crippen molar-refractivity contribution >= 4 is 10.9 Å². The van der Waals surface area contributed by atoms with Gasteiger partial charge < -0.3 is 9.72 Å². The van der Waals surface area contributed by atoms with Crippen LogP contribution in [0.25, 0.3) is 10.9 Å². The highest BCUT2D eigenvalue weighted by Gasteiger charge is 2.50. The number of nitrogens with zero attached hydrogens (tertiary/aromatic N) is 3. The van der Waals surface area contributed by atoms with Crippen molar-refractivity contribution in [2.75, 3.05) is 13.1 Å². The van der Waals surface area contributed by atoms with E-state index in [4.69, 9.17) is 9.72 Å². The quantitative estimate of drug-likeness (QED) is 0.796. The van der Waals surface area contributed by atoms with Crippen molar-refractivity contribution in [1.29, 1.82) is 0 Å². The highest BCUT2D eigenvalue weighted by molar-refractivity contribution is 5.79. The number of fused-ring (bicyclic) bond motifs is 3. The molecule has 1 aromatic carbocycles. The van der Waals surface area contributed by atoms with Gasteiger partial charge in [-0.2, -0.15) is 0 Å². The molecule has 0 atom stereocenters. The first kappa shape index (κ1) is 15.0. The van der Waals surface area contributed by atoms with Gasteiger partial charge in [-0.25, -0.2) is 9.97 Å². The smallest absolute Gasteiger partial charge is 0.128 e. The maximum Gasteiger partial charge on any atom is 0.128 e. The van der Waals surface area contributed by atoms with Crippen LogP contribution in [0.5, 0.6) is 0 Å². The van der Waals surface area contributed by atoms with E-state index in [0.717, 1.165) is 44.0 Å². The molecule has 4 heterocycles. The lowest BCUT2D eigenvalue weighted by atomic mass is 9.87. The number of likely N-dealkylation sites (tertiary alicyclic amines) is 1. The van der Waals surface area contributed by atoms with Crippen LogP contribution >= 0.6 is 0 Å². The van der Waals surface area contributed by atoms with Crippen molar-refractivity contribution in [3.8, 4) is 0 Å². The summed E-state index contributed by atoms with van der Waals surface area (Å²) in [5.41, 5.74) is 4.64. The van der Waals surface area contributed by atoms with E-state index in [-0.39, 0.29) is 5.60 Å². The molecule has 1 spiro atoms. The lowest BCUT2D eigenvalue weighted by Gasteiger charge is -2.47. The molecule has 0 saturated carbocycles. The Morgan fingerprint density at radius 2 is 2.20 bits per heavy atom. The van der Waals surface area contributed by atoms with Gasteiger partial charge in [0, 0.05) is 49.5 Å². The Hall–Kier alpha value is -2.24. The molecule has 128 valence electrons. The zero-order valence-corrected chi connectivity index (χ0v) is 14.5. The van der Waals surface area contributed by atoms with Gasteiger partial charge in [0.15, 0.2) is 0 Å². The third-order valence-corrected chi connectivity index (χ3v) is 5.35. The maximum atomic E-state index is 6.16. The van der Waals surface area contributed by atoms with Gasteiger partial charge in [-0.15, -0.1) is 0 Å². The van der Waals surface area contributed by atoms with Crippen LogP contribution in [0.4, 0.5) is 0 Å². The number of H-pyrrole nitrogens is 1. The monoisotopic (exact) mass is 334 g/mol. The molecule has 0 amide bonds. The number of nitrogens with one attached hydrogen (secondary N) is 1. The Balaban J connectivity index is 1.30. The average molecular weight is 334 g/mol. The lowest BCUT2D eigenvalue weighted by Crippen LogP contribution is -2.58. The first-order chi connectivity index (χ1) is 12.3. The van der Waals surface area contributed by atoms with Gasteiger partial charge in [-0.1, -0.05) is 13.0 Å². The van der Waals surface area contributed by atoms with Crippen LogP contribution in [-0.2, 0) is 29.9 Å². The largest absolute Gasteiger partial charge is 0.361 e. The molecule has 25 heavy (non-hydrogen) atoms. The van der Waals surface area contributed by atoms with Crippen molar-refractivity contribution in [2.45, 2.75) is 38.5 Å². The minimum Gasteiger partial charge on any atom is -0.361 e. The Bertz CT molecular complexity index is 926. The van der Waals surface area contributed by atoms with E-state index in [1.807, 2.05) is 12.4 Å². The molecule has 1 fully saturated rings. The standard InChI is InChI=1S/C20H22N4O/c1-2-3-19-22-9-16-18(23-19)11-25-20(16)12-24(13-20)10-14-4-5-17-15(8-14)6-7-21-17/h4-9,21H,2-3,10-13H2,1H3. The Labute approximate surface area is 147 Å². The minimum absolute atomic E-state index is 0.182. The molecular weight excluding hydrogens is 312 g/mol. The molecule has 2 aliphatic rings. The van der Waals surface area contributed by atoms with Crippen LogP contribution < -0.4 is 0 Å². The summed E-state index contributed by atoms with van der Waals surface area (Å²) in [7, 11) is 0. The van der Waals surface area contributed by atoms with E-state index in [9.17, 15) is 0 Å². The fraction of sp³-hybridized carbons (Fsp3) is 0.400. The van der Waals surface area contributed by atoms with Gasteiger partial charge >= 0.3 is 0 Å². The molecule has 0 aliphatic carbocycles. The summed E-state index contributed by atoms with van der Waals surface area (Å²) < 4.78 is 6.16. The van der Waals surface area contributed by atoms with E-state index in [2.05, 4.69) is 46.1 Å². The Morgan fingerprint density at radius 1 is 1.28 bits per heavy atom. The summed E-state index contributed by atoms with van der Waals surface area (Å²) in [6.45, 7) is 5.57. The molecule has 3 aromatic rings. The summed E-state index contributed by atoms with van der Waals surface area (Å²) >= 11 is 0. The topological polar surface area (TPSA) is 54.0 Å². The Morgan fingerprint density at radius 3 is 3.08 bits per heavy atom. The van der Waals surface area contributed by atoms with Crippen molar-refractivity contribution < 1.29 is 4.74 Å². The predicted molar refractivity (Wildman–Crippen MR) is 96.1 cm³/mol. The second kappa shape index (κ2) is 5.64. The van der Waals surface area contributed by atoms with Crippen molar-refractivity contribution in [3.63, 3.8) is 0 Å². The molecule has 5 heteroatoms. The third kappa shape index (κ3) is 2.46. The summed E-state index contributed by atoms with van der Waals surface area (Å²) in [4.78, 5) is 14.9. The van der Waals surface area contributed by atoms with Gasteiger partial charge in [0.25, 0.3) is 0 Å². The SMILES string of the molecule is CCCc1ncc2c(n1)COC21CN(Cc2ccc3[nH]ccc3c2)C1. The highest BCUT2D eigenvalue weighted by atomic mass is 16.5. The molecule has 2 aliphatic heterocycles. The van der Waals surface area contributed by atoms with E-state index >= 15 is 0 Å². The number of ether oxygens (including phenoxy) is 1. The zero-order chi connectivity index (χ0) is 16.9. The van der Waals surface area contributed by atoms with Gasteiger partial charge in [0.05, 0.1) is 12.3 Å². The number of hydrogen-bond donors (Lipinski definition) is 1. The van der Waals surface area contributed by atoms with E-state index in [0.29, 0.717) is 6.61 Å². The number of rotatable bonds is 4. The fourth-order valence-electron chi connectivity index (χ4n) is 4.09. The molecule has 0 radical (unpaired) electrons. The van der Waals surface area contributed by atoms with Crippen LogP contribution in [0.1, 0.15) is 36.0 Å². The lowest BCUT2D eigenvalue weighted by molar-refractivity contribution is -0.145. The molecule has 2 aromatic heterocycles. The number of aromatic amines is 1. The maximum absolute atomic E-state index is 6.16. The minimum atomic E-state index is -0.182. The number of hydrogen-bond acceptors (Lipinski definition) is 4. The van der Waals surface area contributed by atoms with E-state index in [1.165, 1.54) is 22.0 Å². The number of aryl methyl sites for hydroxylation is 1. The molecule has 1 saturated heterocycles. The number of benzene rings is 1. The average Bonchev–Trinajstić information content (AvgIpc) is 3.19. The van der Waals surface area contributed by atoms with Crippen LogP contribution in [0.15, 0.2) is 36.7 Å². The van der Waals surface area contributed by atoms with Crippen LogP contribution in [-0.4, -0.2) is 32.9 Å². The first-order valence-corrected chi connectivity index (χ1v) is 9.03. The van der Waals surface area contributed by atoms with Crippen LogP contribution in [0, 0.1) is 0 Å². The summed E-state index contributed by atoms with van der Waals surface area (Å²) in [6, 6.07) is 8.75. The fourth-order valence-corrected chi connectivity index (χ4v) is 4.09. The first-order valence-electron chi connectivity index (χ1n) is 9.03. The molecule has 0 bridgehead atoms. The van der Waals surface area contributed by atoms with E-state index < -0.39 is 0 Å². The Kier molecular flexibility index (Phi) is 3.40. The molecule has 0 unspecified atom stereocenters. The summed E-state index contributed by atoms with van der Waals surface area (Å²) in [6.07, 6.45) is 6.00. The van der Waals surface area contributed by atoms with Gasteiger partial charge in [-0.05, 0) is 35.6 Å². The third-order valence-electron chi connectivity index (χ3n) is 5.35. The normalized spacial score (nSPS) is 18.6. The van der Waals surface area contributed by atoms with Crippen molar-refractivity contribution in [2.24, 2.45) is 0 Å². The van der Waals surface area contributed by atoms with Gasteiger partial charge in [0.2, 0.25) is 0 Å². The summed E-state index contributed by atoms with van der Waals surface area (Å²) in [5.74, 6) is 0.942. The van der Waals surface area contributed by atoms with Crippen LogP contribution in [0.2, 0.25) is 0 Å². The summed E-state index contributed by atoms with van der Waals surface area (Å²) in [5, 5.41) is 1.27. The zero-order valence-electron chi connectivity index (χ0n) is 14.5. The molecule has 5 nitrogen and oxygen atoms in total. The second-order valence-corrected chi connectivity index (χ2v) is 7.22. The van der Waals surface area contributed by atoms with Crippen molar-refractivity contribution in [3.05, 3.63) is 59.3 Å². The van der Waals surface area contributed by atoms with Gasteiger partial charge in [-0.3, -0.25) is 4.90 Å². The second-order valence-electron chi connectivity index (χ2n) is 7.22.